The molecule has 102 valence electrons. The van der Waals surface area contributed by atoms with Crippen molar-refractivity contribution in [2.24, 2.45) is 0 Å². The van der Waals surface area contributed by atoms with Crippen molar-refractivity contribution in [3.05, 3.63) is 41.1 Å². The van der Waals surface area contributed by atoms with Crippen LogP contribution in [0.1, 0.15) is 33.9 Å². The quantitative estimate of drug-likeness (QED) is 0.839. The van der Waals surface area contributed by atoms with Crippen LogP contribution >= 0.6 is 0 Å². The lowest BCUT2D eigenvalue weighted by Gasteiger charge is -2.05. The average molecular weight is 261 g/mol. The van der Waals surface area contributed by atoms with Gasteiger partial charge < -0.3 is 9.73 Å². The number of furan rings is 1. The second kappa shape index (κ2) is 5.73. The molecule has 0 unspecified atom stereocenters. The van der Waals surface area contributed by atoms with E-state index in [1.165, 1.54) is 0 Å². The van der Waals surface area contributed by atoms with Crippen LogP contribution in [0, 0.1) is 20.8 Å². The predicted molar refractivity (Wildman–Crippen MR) is 72.1 cm³/mol. The first-order valence-corrected chi connectivity index (χ1v) is 6.42. The molecule has 2 aromatic heterocycles. The lowest BCUT2D eigenvalue weighted by Crippen LogP contribution is -2.26. The normalized spacial score (nSPS) is 10.7. The van der Waals surface area contributed by atoms with E-state index in [0.29, 0.717) is 17.9 Å². The van der Waals surface area contributed by atoms with Crippen molar-refractivity contribution >= 4 is 5.91 Å². The number of nitrogens with zero attached hydrogens (tertiary/aromatic N) is 2. The maximum atomic E-state index is 12.1. The molecule has 0 bridgehead atoms. The zero-order valence-electron chi connectivity index (χ0n) is 11.6. The second-order valence-corrected chi connectivity index (χ2v) is 4.59. The lowest BCUT2D eigenvalue weighted by atomic mass is 10.1. The molecule has 2 heterocycles. The molecular weight excluding hydrogens is 242 g/mol. The van der Waals surface area contributed by atoms with Crippen molar-refractivity contribution in [1.29, 1.82) is 0 Å². The molecular formula is C14H19N3O2. The third-order valence-electron chi connectivity index (χ3n) is 3.20. The van der Waals surface area contributed by atoms with Gasteiger partial charge in [-0.05, 0) is 33.3 Å². The van der Waals surface area contributed by atoms with Gasteiger partial charge in [-0.3, -0.25) is 9.48 Å². The van der Waals surface area contributed by atoms with Gasteiger partial charge >= 0.3 is 0 Å². The second-order valence-electron chi connectivity index (χ2n) is 4.59. The van der Waals surface area contributed by atoms with E-state index in [1.54, 1.807) is 6.20 Å². The van der Waals surface area contributed by atoms with Crippen LogP contribution in [-0.4, -0.2) is 22.2 Å². The van der Waals surface area contributed by atoms with E-state index in [-0.39, 0.29) is 5.91 Å². The molecule has 19 heavy (non-hydrogen) atoms. The average Bonchev–Trinajstić information content (AvgIpc) is 2.95. The summed E-state index contributed by atoms with van der Waals surface area (Å²) in [5.41, 5.74) is 1.58. The van der Waals surface area contributed by atoms with Crippen molar-refractivity contribution in [2.45, 2.75) is 33.7 Å². The highest BCUT2D eigenvalue weighted by Gasteiger charge is 2.17. The van der Waals surface area contributed by atoms with Gasteiger partial charge in [-0.25, -0.2) is 0 Å². The van der Waals surface area contributed by atoms with Crippen LogP contribution in [0.25, 0.3) is 0 Å². The smallest absolute Gasteiger partial charge is 0.255 e. The molecule has 5 nitrogen and oxygen atoms in total. The number of carbonyl (C=O) groups is 1. The van der Waals surface area contributed by atoms with Crippen LogP contribution in [0.5, 0.6) is 0 Å². The molecule has 0 aromatic carbocycles. The maximum Gasteiger partial charge on any atom is 0.255 e. The van der Waals surface area contributed by atoms with Gasteiger partial charge in [-0.15, -0.1) is 0 Å². The van der Waals surface area contributed by atoms with E-state index in [1.807, 2.05) is 37.7 Å². The van der Waals surface area contributed by atoms with Crippen molar-refractivity contribution in [1.82, 2.24) is 15.1 Å². The minimum absolute atomic E-state index is 0.0627. The molecule has 0 saturated carbocycles. The number of aromatic nitrogens is 2. The fourth-order valence-corrected chi connectivity index (χ4v) is 2.09. The van der Waals surface area contributed by atoms with E-state index in [9.17, 15) is 4.79 Å². The van der Waals surface area contributed by atoms with Gasteiger partial charge in [0.2, 0.25) is 0 Å². The summed E-state index contributed by atoms with van der Waals surface area (Å²) in [4.78, 5) is 12.1. The summed E-state index contributed by atoms with van der Waals surface area (Å²) in [7, 11) is 0. The van der Waals surface area contributed by atoms with Crippen LogP contribution in [0.2, 0.25) is 0 Å². The third kappa shape index (κ3) is 3.05. The number of hydrogen-bond donors (Lipinski definition) is 1. The molecule has 0 fully saturated rings. The van der Waals surface area contributed by atoms with Crippen LogP contribution in [0.3, 0.4) is 0 Å². The Hall–Kier alpha value is -2.04. The summed E-state index contributed by atoms with van der Waals surface area (Å²) in [6.45, 7) is 7.03. The maximum absolute atomic E-state index is 12.1. The molecule has 0 atom stereocenters. The zero-order valence-corrected chi connectivity index (χ0v) is 11.6. The summed E-state index contributed by atoms with van der Waals surface area (Å²) in [5.74, 6) is 1.42. The van der Waals surface area contributed by atoms with Gasteiger partial charge in [-0.1, -0.05) is 0 Å². The SMILES string of the molecule is Cc1oc(C)c(C(=O)NCCCn2cccn2)c1C. The molecule has 0 radical (unpaired) electrons. The van der Waals surface area contributed by atoms with Crippen molar-refractivity contribution < 1.29 is 9.21 Å². The molecule has 0 spiro atoms. The van der Waals surface area contributed by atoms with Gasteiger partial charge in [-0.2, -0.15) is 5.10 Å². The Bertz CT molecular complexity index is 556. The first kappa shape index (κ1) is 13.4. The van der Waals surface area contributed by atoms with E-state index in [0.717, 1.165) is 24.3 Å². The van der Waals surface area contributed by atoms with Gasteiger partial charge in [0.15, 0.2) is 0 Å². The number of rotatable bonds is 5. The van der Waals surface area contributed by atoms with Crippen molar-refractivity contribution in [2.75, 3.05) is 6.54 Å². The van der Waals surface area contributed by atoms with E-state index in [2.05, 4.69) is 10.4 Å². The summed E-state index contributed by atoms with van der Waals surface area (Å²) in [6.07, 6.45) is 4.51. The van der Waals surface area contributed by atoms with Crippen LogP contribution in [0.15, 0.2) is 22.9 Å². The first-order valence-electron chi connectivity index (χ1n) is 6.42. The Morgan fingerprint density at radius 1 is 1.37 bits per heavy atom. The van der Waals surface area contributed by atoms with Gasteiger partial charge in [0.05, 0.1) is 5.56 Å². The largest absolute Gasteiger partial charge is 0.466 e. The molecule has 0 aliphatic heterocycles. The number of aryl methyl sites for hydroxylation is 3. The zero-order chi connectivity index (χ0) is 13.8. The minimum Gasteiger partial charge on any atom is -0.466 e. The molecule has 1 amide bonds. The molecule has 2 rings (SSSR count). The number of amides is 1. The highest BCUT2D eigenvalue weighted by molar-refractivity contribution is 5.96. The molecule has 0 saturated heterocycles. The fraction of sp³-hybridized carbons (Fsp3) is 0.429. The van der Waals surface area contributed by atoms with E-state index in [4.69, 9.17) is 4.42 Å². The Morgan fingerprint density at radius 3 is 2.74 bits per heavy atom. The Balaban J connectivity index is 1.84. The molecule has 5 heteroatoms. The van der Waals surface area contributed by atoms with Crippen molar-refractivity contribution in [3.63, 3.8) is 0 Å². The van der Waals surface area contributed by atoms with Crippen LogP contribution < -0.4 is 5.32 Å². The summed E-state index contributed by atoms with van der Waals surface area (Å²) >= 11 is 0. The molecule has 0 aliphatic rings. The van der Waals surface area contributed by atoms with Crippen LogP contribution in [-0.2, 0) is 6.54 Å². The summed E-state index contributed by atoms with van der Waals surface area (Å²) in [5, 5.41) is 7.03. The Kier molecular flexibility index (Phi) is 4.04. The first-order chi connectivity index (χ1) is 9.09. The molecule has 0 aliphatic carbocycles. The monoisotopic (exact) mass is 261 g/mol. The predicted octanol–water partition coefficient (Wildman–Crippen LogP) is 2.22. The third-order valence-corrected chi connectivity index (χ3v) is 3.20. The standard InChI is InChI=1S/C14H19N3O2/c1-10-11(2)19-12(3)13(10)14(18)15-6-4-8-17-9-5-7-16-17/h5,7,9H,4,6,8H2,1-3H3,(H,15,18). The number of nitrogens with one attached hydrogen (secondary N) is 1. The number of carbonyl (C=O) groups excluding carboxylic acids is 1. The highest BCUT2D eigenvalue weighted by atomic mass is 16.3. The van der Waals surface area contributed by atoms with Gasteiger partial charge in [0.25, 0.3) is 5.91 Å². The number of hydrogen-bond acceptors (Lipinski definition) is 3. The van der Waals surface area contributed by atoms with Crippen molar-refractivity contribution in [3.8, 4) is 0 Å². The Morgan fingerprint density at radius 2 is 2.16 bits per heavy atom. The Labute approximate surface area is 112 Å². The highest BCUT2D eigenvalue weighted by Crippen LogP contribution is 2.20. The van der Waals surface area contributed by atoms with E-state index >= 15 is 0 Å². The lowest BCUT2D eigenvalue weighted by molar-refractivity contribution is 0.0950. The van der Waals surface area contributed by atoms with E-state index < -0.39 is 0 Å². The van der Waals surface area contributed by atoms with Gasteiger partial charge in [0, 0.05) is 31.0 Å². The van der Waals surface area contributed by atoms with Gasteiger partial charge in [0.1, 0.15) is 11.5 Å². The molecule has 2 aromatic rings. The fourth-order valence-electron chi connectivity index (χ4n) is 2.09. The summed E-state index contributed by atoms with van der Waals surface area (Å²) in [6, 6.07) is 1.89. The topological polar surface area (TPSA) is 60.1 Å². The molecule has 1 N–H and O–H groups in total. The summed E-state index contributed by atoms with van der Waals surface area (Å²) < 4.78 is 7.31. The minimum atomic E-state index is -0.0627. The van der Waals surface area contributed by atoms with Crippen LogP contribution in [0.4, 0.5) is 0 Å².